The van der Waals surface area contributed by atoms with Gasteiger partial charge in [-0.05, 0) is 40.8 Å². The Morgan fingerprint density at radius 2 is 1.60 bits per heavy atom. The maximum Gasteiger partial charge on any atom is 0.246 e. The van der Waals surface area contributed by atoms with Crippen LogP contribution < -0.4 is 4.90 Å². The van der Waals surface area contributed by atoms with E-state index in [-0.39, 0.29) is 11.3 Å². The van der Waals surface area contributed by atoms with E-state index >= 15 is 0 Å². The zero-order valence-electron chi connectivity index (χ0n) is 18.0. The third-order valence-corrected chi connectivity index (χ3v) is 5.69. The van der Waals surface area contributed by atoms with Crippen LogP contribution in [0.5, 0.6) is 0 Å². The van der Waals surface area contributed by atoms with Crippen LogP contribution in [-0.2, 0) is 10.2 Å². The predicted molar refractivity (Wildman–Crippen MR) is 125 cm³/mol. The molecule has 1 amide bonds. The zero-order valence-corrected chi connectivity index (χ0v) is 18.0. The molecule has 4 nitrogen and oxygen atoms in total. The molecule has 154 valence electrons. The second-order valence-electron chi connectivity index (χ2n) is 8.88. The summed E-state index contributed by atoms with van der Waals surface area (Å²) < 4.78 is 0. The average Bonchev–Trinajstić information content (AvgIpc) is 2.77. The number of nitrogens with zero attached hydrogens (tertiary/aromatic N) is 3. The summed E-state index contributed by atoms with van der Waals surface area (Å²) in [6, 6.07) is 20.8. The Bertz CT molecular complexity index is 1060. The van der Waals surface area contributed by atoms with Crippen molar-refractivity contribution in [1.29, 1.82) is 0 Å². The number of fused-ring (bicyclic) bond motifs is 1. The van der Waals surface area contributed by atoms with Crippen molar-refractivity contribution in [1.82, 2.24) is 9.88 Å². The first kappa shape index (κ1) is 20.1. The molecule has 4 rings (SSSR count). The third-order valence-electron chi connectivity index (χ3n) is 5.69. The summed E-state index contributed by atoms with van der Waals surface area (Å²) in [5.41, 5.74) is 3.49. The number of pyridine rings is 1. The van der Waals surface area contributed by atoms with Crippen molar-refractivity contribution in [3.05, 3.63) is 77.9 Å². The van der Waals surface area contributed by atoms with Gasteiger partial charge in [-0.3, -0.25) is 4.79 Å². The summed E-state index contributed by atoms with van der Waals surface area (Å²) in [6.07, 6.45) is 3.60. The van der Waals surface area contributed by atoms with Crippen LogP contribution in [0.3, 0.4) is 0 Å². The van der Waals surface area contributed by atoms with Crippen molar-refractivity contribution in [3.63, 3.8) is 0 Å². The van der Waals surface area contributed by atoms with Gasteiger partial charge in [0.15, 0.2) is 0 Å². The molecule has 0 saturated carbocycles. The number of carbonyl (C=O) groups is 1. The topological polar surface area (TPSA) is 36.4 Å². The van der Waals surface area contributed by atoms with E-state index in [0.29, 0.717) is 13.1 Å². The first-order chi connectivity index (χ1) is 14.4. The summed E-state index contributed by atoms with van der Waals surface area (Å²) in [4.78, 5) is 21.6. The number of carbonyl (C=O) groups excluding carboxylic acids is 1. The quantitative estimate of drug-likeness (QED) is 0.588. The molecular formula is C26H29N3O. The SMILES string of the molecule is CC(C)(C)c1ccc(/C=C/C(=O)N2CCN(c3ccc4ccccc4n3)CC2)cc1. The summed E-state index contributed by atoms with van der Waals surface area (Å²) >= 11 is 0. The molecule has 0 N–H and O–H groups in total. The van der Waals surface area contributed by atoms with Crippen LogP contribution in [0.1, 0.15) is 31.9 Å². The van der Waals surface area contributed by atoms with E-state index in [4.69, 9.17) is 4.98 Å². The molecule has 0 atom stereocenters. The van der Waals surface area contributed by atoms with Gasteiger partial charge in [-0.15, -0.1) is 0 Å². The van der Waals surface area contributed by atoms with Gasteiger partial charge in [0.2, 0.25) is 5.91 Å². The fraction of sp³-hybridized carbons (Fsp3) is 0.308. The molecule has 4 heteroatoms. The van der Waals surface area contributed by atoms with Crippen LogP contribution in [0.4, 0.5) is 5.82 Å². The van der Waals surface area contributed by atoms with Crippen molar-refractivity contribution < 1.29 is 4.79 Å². The highest BCUT2D eigenvalue weighted by Gasteiger charge is 2.20. The van der Waals surface area contributed by atoms with Crippen LogP contribution in [-0.4, -0.2) is 42.0 Å². The van der Waals surface area contributed by atoms with Gasteiger partial charge in [0, 0.05) is 37.6 Å². The van der Waals surface area contributed by atoms with E-state index in [1.807, 2.05) is 29.2 Å². The van der Waals surface area contributed by atoms with Crippen molar-refractivity contribution >= 4 is 28.7 Å². The van der Waals surface area contributed by atoms with Gasteiger partial charge in [0.25, 0.3) is 0 Å². The van der Waals surface area contributed by atoms with E-state index in [1.54, 1.807) is 6.08 Å². The van der Waals surface area contributed by atoms with Crippen LogP contribution in [0, 0.1) is 0 Å². The van der Waals surface area contributed by atoms with E-state index in [2.05, 4.69) is 68.1 Å². The van der Waals surface area contributed by atoms with Crippen LogP contribution in [0.2, 0.25) is 0 Å². The van der Waals surface area contributed by atoms with Gasteiger partial charge in [0.1, 0.15) is 5.82 Å². The number of piperazine rings is 1. The lowest BCUT2D eigenvalue weighted by atomic mass is 9.87. The normalized spacial score (nSPS) is 15.2. The molecule has 30 heavy (non-hydrogen) atoms. The molecule has 0 radical (unpaired) electrons. The standard InChI is InChI=1S/C26H29N3O/c1-26(2,3)22-12-8-20(9-13-22)10-15-25(30)29-18-16-28(17-19-29)24-14-11-21-6-4-5-7-23(21)27-24/h4-15H,16-19H2,1-3H3/b15-10+. The fourth-order valence-corrected chi connectivity index (χ4v) is 3.75. The monoisotopic (exact) mass is 399 g/mol. The molecule has 1 saturated heterocycles. The number of hydrogen-bond acceptors (Lipinski definition) is 3. The largest absolute Gasteiger partial charge is 0.353 e. The number of anilines is 1. The molecule has 2 aromatic carbocycles. The van der Waals surface area contributed by atoms with Crippen molar-refractivity contribution in [2.75, 3.05) is 31.1 Å². The number of aromatic nitrogens is 1. The molecule has 0 spiro atoms. The molecule has 2 heterocycles. The number of para-hydroxylation sites is 1. The lowest BCUT2D eigenvalue weighted by Gasteiger charge is -2.35. The highest BCUT2D eigenvalue weighted by atomic mass is 16.2. The van der Waals surface area contributed by atoms with Crippen molar-refractivity contribution in [2.45, 2.75) is 26.2 Å². The van der Waals surface area contributed by atoms with E-state index in [1.165, 1.54) is 5.56 Å². The first-order valence-corrected chi connectivity index (χ1v) is 10.6. The minimum absolute atomic E-state index is 0.0704. The Morgan fingerprint density at radius 1 is 0.900 bits per heavy atom. The predicted octanol–water partition coefficient (Wildman–Crippen LogP) is 4.89. The molecule has 0 aliphatic carbocycles. The Morgan fingerprint density at radius 3 is 2.30 bits per heavy atom. The van der Waals surface area contributed by atoms with Gasteiger partial charge in [-0.2, -0.15) is 0 Å². The van der Waals surface area contributed by atoms with Gasteiger partial charge in [-0.25, -0.2) is 4.98 Å². The maximum absolute atomic E-state index is 12.6. The second-order valence-corrected chi connectivity index (χ2v) is 8.88. The highest BCUT2D eigenvalue weighted by molar-refractivity contribution is 5.92. The zero-order chi connectivity index (χ0) is 21.1. The van der Waals surface area contributed by atoms with Crippen LogP contribution in [0.25, 0.3) is 17.0 Å². The minimum Gasteiger partial charge on any atom is -0.353 e. The molecule has 0 bridgehead atoms. The number of benzene rings is 2. The lowest BCUT2D eigenvalue weighted by molar-refractivity contribution is -0.126. The third kappa shape index (κ3) is 4.54. The fourth-order valence-electron chi connectivity index (χ4n) is 3.75. The van der Waals surface area contributed by atoms with E-state index in [0.717, 1.165) is 35.4 Å². The van der Waals surface area contributed by atoms with E-state index in [9.17, 15) is 4.79 Å². The van der Waals surface area contributed by atoms with Gasteiger partial charge in [0.05, 0.1) is 5.52 Å². The van der Waals surface area contributed by atoms with Crippen LogP contribution >= 0.6 is 0 Å². The van der Waals surface area contributed by atoms with Crippen molar-refractivity contribution in [2.24, 2.45) is 0 Å². The average molecular weight is 400 g/mol. The Labute approximate surface area is 178 Å². The summed E-state index contributed by atoms with van der Waals surface area (Å²) in [5.74, 6) is 1.05. The van der Waals surface area contributed by atoms with Gasteiger partial charge in [-0.1, -0.05) is 63.2 Å². The Hall–Kier alpha value is -3.14. The molecule has 1 aromatic heterocycles. The summed E-state index contributed by atoms with van der Waals surface area (Å²) in [5, 5.41) is 1.15. The molecular weight excluding hydrogens is 370 g/mol. The molecule has 1 fully saturated rings. The summed E-state index contributed by atoms with van der Waals surface area (Å²) in [7, 11) is 0. The number of hydrogen-bond donors (Lipinski definition) is 0. The van der Waals surface area contributed by atoms with E-state index < -0.39 is 0 Å². The van der Waals surface area contributed by atoms with Crippen LogP contribution in [0.15, 0.2) is 66.7 Å². The second kappa shape index (κ2) is 8.31. The van der Waals surface area contributed by atoms with Gasteiger partial charge >= 0.3 is 0 Å². The maximum atomic E-state index is 12.6. The van der Waals surface area contributed by atoms with Crippen molar-refractivity contribution in [3.8, 4) is 0 Å². The Kier molecular flexibility index (Phi) is 5.58. The smallest absolute Gasteiger partial charge is 0.246 e. The molecule has 1 aliphatic heterocycles. The molecule has 1 aliphatic rings. The number of amides is 1. The summed E-state index contributed by atoms with van der Waals surface area (Å²) in [6.45, 7) is 9.62. The first-order valence-electron chi connectivity index (χ1n) is 10.6. The lowest BCUT2D eigenvalue weighted by Crippen LogP contribution is -2.48. The highest BCUT2D eigenvalue weighted by Crippen LogP contribution is 2.23. The number of rotatable bonds is 3. The minimum atomic E-state index is 0.0704. The Balaban J connectivity index is 1.35. The van der Waals surface area contributed by atoms with Gasteiger partial charge < -0.3 is 9.80 Å². The molecule has 0 unspecified atom stereocenters. The molecule has 3 aromatic rings.